The van der Waals surface area contributed by atoms with Crippen LogP contribution in [0.3, 0.4) is 0 Å². The van der Waals surface area contributed by atoms with Crippen molar-refractivity contribution in [3.05, 3.63) is 74.9 Å². The standard InChI is InChI=1S/C25H29N3O4/c1-32-19-11-9-18(10-12-19)25(14-5-2-6-15-25)17-26-22(29)13-16-28-21-8-4-3-7-20(21)23(30)27-24(28)31/h3-4,7-12H,2,5-6,13-17H2,1H3,(H,26,29)(H,27,30,31). The van der Waals surface area contributed by atoms with E-state index in [0.717, 1.165) is 31.4 Å². The van der Waals surface area contributed by atoms with Crippen LogP contribution < -0.4 is 21.3 Å². The first-order valence-electron chi connectivity index (χ1n) is 11.2. The SMILES string of the molecule is COc1ccc(C2(CNC(=O)CCn3c(=O)[nH]c(=O)c4ccccc43)CCCCC2)cc1. The van der Waals surface area contributed by atoms with Crippen LogP contribution in [0.1, 0.15) is 44.1 Å². The lowest BCUT2D eigenvalue weighted by Gasteiger charge is -2.38. The van der Waals surface area contributed by atoms with Crippen LogP contribution in [0.25, 0.3) is 10.9 Å². The van der Waals surface area contributed by atoms with Gasteiger partial charge in [0.25, 0.3) is 5.56 Å². The van der Waals surface area contributed by atoms with Crippen LogP contribution in [-0.4, -0.2) is 29.1 Å². The number of H-pyrrole nitrogens is 1. The number of aromatic nitrogens is 2. The molecule has 1 amide bonds. The highest BCUT2D eigenvalue weighted by atomic mass is 16.5. The number of ether oxygens (including phenoxy) is 1. The molecule has 1 saturated carbocycles. The summed E-state index contributed by atoms with van der Waals surface area (Å²) < 4.78 is 6.74. The molecule has 2 aromatic carbocycles. The molecule has 0 spiro atoms. The zero-order valence-corrected chi connectivity index (χ0v) is 18.4. The third-order valence-corrected chi connectivity index (χ3v) is 6.60. The lowest BCUT2D eigenvalue weighted by Crippen LogP contribution is -2.42. The second-order valence-electron chi connectivity index (χ2n) is 8.52. The van der Waals surface area contributed by atoms with E-state index in [1.807, 2.05) is 12.1 Å². The molecule has 1 fully saturated rings. The molecule has 0 unspecified atom stereocenters. The number of aryl methyl sites for hydroxylation is 1. The minimum absolute atomic E-state index is 0.0816. The highest BCUT2D eigenvalue weighted by molar-refractivity contribution is 5.78. The molecule has 2 N–H and O–H groups in total. The second kappa shape index (κ2) is 9.42. The Morgan fingerprint density at radius 2 is 1.78 bits per heavy atom. The summed E-state index contributed by atoms with van der Waals surface area (Å²) in [5.41, 5.74) is 0.771. The Labute approximate surface area is 186 Å². The molecular formula is C25H29N3O4. The number of nitrogens with one attached hydrogen (secondary N) is 2. The van der Waals surface area contributed by atoms with Gasteiger partial charge < -0.3 is 10.1 Å². The number of hydrogen-bond donors (Lipinski definition) is 2. The number of amides is 1. The van der Waals surface area contributed by atoms with Crippen molar-refractivity contribution in [1.82, 2.24) is 14.9 Å². The van der Waals surface area contributed by atoms with Crippen LogP contribution >= 0.6 is 0 Å². The summed E-state index contributed by atoms with van der Waals surface area (Å²) in [6.07, 6.45) is 5.72. The topological polar surface area (TPSA) is 93.2 Å². The molecule has 7 heteroatoms. The molecule has 0 saturated heterocycles. The van der Waals surface area contributed by atoms with Crippen LogP contribution in [0.15, 0.2) is 58.1 Å². The van der Waals surface area contributed by atoms with Crippen LogP contribution in [0.2, 0.25) is 0 Å². The average molecular weight is 436 g/mol. The minimum atomic E-state index is -0.497. The van der Waals surface area contributed by atoms with Crippen LogP contribution in [-0.2, 0) is 16.8 Å². The molecule has 3 aromatic rings. The minimum Gasteiger partial charge on any atom is -0.497 e. The van der Waals surface area contributed by atoms with Gasteiger partial charge >= 0.3 is 5.69 Å². The van der Waals surface area contributed by atoms with Crippen LogP contribution in [0.4, 0.5) is 0 Å². The summed E-state index contributed by atoms with van der Waals surface area (Å²) in [6, 6.07) is 15.1. The lowest BCUT2D eigenvalue weighted by atomic mass is 9.69. The van der Waals surface area contributed by atoms with Crippen LogP contribution in [0.5, 0.6) is 5.75 Å². The number of para-hydroxylation sites is 1. The maximum Gasteiger partial charge on any atom is 0.328 e. The van der Waals surface area contributed by atoms with E-state index in [4.69, 9.17) is 4.74 Å². The number of carbonyl (C=O) groups is 1. The van der Waals surface area contributed by atoms with Gasteiger partial charge in [-0.15, -0.1) is 0 Å². The van der Waals surface area contributed by atoms with E-state index in [0.29, 0.717) is 17.4 Å². The van der Waals surface area contributed by atoms with E-state index in [1.165, 1.54) is 16.6 Å². The Morgan fingerprint density at radius 1 is 1.06 bits per heavy atom. The van der Waals surface area contributed by atoms with E-state index < -0.39 is 11.2 Å². The average Bonchev–Trinajstić information content (AvgIpc) is 2.83. The molecule has 0 atom stereocenters. The summed E-state index contributed by atoms with van der Waals surface area (Å²) in [5.74, 6) is 0.716. The van der Waals surface area contributed by atoms with E-state index in [2.05, 4.69) is 22.4 Å². The number of carbonyl (C=O) groups excluding carboxylic acids is 1. The van der Waals surface area contributed by atoms with E-state index in [-0.39, 0.29) is 24.3 Å². The van der Waals surface area contributed by atoms with Gasteiger partial charge in [0.15, 0.2) is 0 Å². The summed E-state index contributed by atoms with van der Waals surface area (Å²) in [5, 5.41) is 3.55. The van der Waals surface area contributed by atoms with Crippen molar-refractivity contribution >= 4 is 16.8 Å². The zero-order chi connectivity index (χ0) is 22.6. The van der Waals surface area contributed by atoms with Crippen molar-refractivity contribution < 1.29 is 9.53 Å². The summed E-state index contributed by atoms with van der Waals surface area (Å²) in [6.45, 7) is 0.775. The predicted molar refractivity (Wildman–Crippen MR) is 124 cm³/mol. The van der Waals surface area contributed by atoms with Crippen molar-refractivity contribution in [3.8, 4) is 5.75 Å². The van der Waals surface area contributed by atoms with Gasteiger partial charge in [-0.05, 0) is 42.7 Å². The van der Waals surface area contributed by atoms with Gasteiger partial charge in [-0.25, -0.2) is 4.79 Å². The van der Waals surface area contributed by atoms with Gasteiger partial charge in [-0.1, -0.05) is 43.5 Å². The Morgan fingerprint density at radius 3 is 2.50 bits per heavy atom. The van der Waals surface area contributed by atoms with Crippen molar-refractivity contribution in [1.29, 1.82) is 0 Å². The van der Waals surface area contributed by atoms with Crippen molar-refractivity contribution in [2.45, 2.75) is 50.5 Å². The van der Waals surface area contributed by atoms with Crippen molar-refractivity contribution in [3.63, 3.8) is 0 Å². The molecule has 0 radical (unpaired) electrons. The number of nitrogens with zero attached hydrogens (tertiary/aromatic N) is 1. The van der Waals surface area contributed by atoms with Gasteiger partial charge in [0.05, 0.1) is 18.0 Å². The molecule has 168 valence electrons. The zero-order valence-electron chi connectivity index (χ0n) is 18.4. The predicted octanol–water partition coefficient (Wildman–Crippen LogP) is 3.11. The number of benzene rings is 2. The fourth-order valence-electron chi connectivity index (χ4n) is 4.77. The van der Waals surface area contributed by atoms with E-state index in [9.17, 15) is 14.4 Å². The normalized spacial score (nSPS) is 15.4. The van der Waals surface area contributed by atoms with Gasteiger partial charge in [0.2, 0.25) is 5.91 Å². The second-order valence-corrected chi connectivity index (χ2v) is 8.52. The monoisotopic (exact) mass is 435 g/mol. The van der Waals surface area contributed by atoms with E-state index in [1.54, 1.807) is 31.4 Å². The summed E-state index contributed by atoms with van der Waals surface area (Å²) in [4.78, 5) is 39.4. The van der Waals surface area contributed by atoms with Gasteiger partial charge in [-0.2, -0.15) is 0 Å². The molecule has 32 heavy (non-hydrogen) atoms. The maximum absolute atomic E-state index is 12.7. The molecule has 1 aliphatic rings. The van der Waals surface area contributed by atoms with Gasteiger partial charge in [0.1, 0.15) is 5.75 Å². The first-order chi connectivity index (χ1) is 15.5. The number of methoxy groups -OCH3 is 1. The first-order valence-corrected chi connectivity index (χ1v) is 11.2. The number of aromatic amines is 1. The van der Waals surface area contributed by atoms with Crippen LogP contribution in [0, 0.1) is 0 Å². The highest BCUT2D eigenvalue weighted by Crippen LogP contribution is 2.39. The Hall–Kier alpha value is -3.35. The fraction of sp³-hybridized carbons (Fsp3) is 0.400. The van der Waals surface area contributed by atoms with Crippen molar-refractivity contribution in [2.24, 2.45) is 0 Å². The number of hydrogen-bond acceptors (Lipinski definition) is 4. The maximum atomic E-state index is 12.7. The smallest absolute Gasteiger partial charge is 0.328 e. The first kappa shape index (κ1) is 21.9. The Bertz CT molecular complexity index is 1200. The summed E-state index contributed by atoms with van der Waals surface area (Å²) in [7, 11) is 1.66. The molecule has 0 aliphatic heterocycles. The quantitative estimate of drug-likeness (QED) is 0.596. The summed E-state index contributed by atoms with van der Waals surface area (Å²) >= 11 is 0. The molecule has 4 rings (SSSR count). The van der Waals surface area contributed by atoms with Crippen molar-refractivity contribution in [2.75, 3.05) is 13.7 Å². The largest absolute Gasteiger partial charge is 0.497 e. The lowest BCUT2D eigenvalue weighted by molar-refractivity contribution is -0.121. The highest BCUT2D eigenvalue weighted by Gasteiger charge is 2.34. The molecular weight excluding hydrogens is 406 g/mol. The van der Waals surface area contributed by atoms with Gasteiger partial charge in [0, 0.05) is 24.9 Å². The molecule has 0 bridgehead atoms. The number of rotatable bonds is 7. The Balaban J connectivity index is 1.46. The third-order valence-electron chi connectivity index (χ3n) is 6.60. The molecule has 1 heterocycles. The third kappa shape index (κ3) is 4.47. The molecule has 1 aliphatic carbocycles. The van der Waals surface area contributed by atoms with E-state index >= 15 is 0 Å². The number of fused-ring (bicyclic) bond motifs is 1. The Kier molecular flexibility index (Phi) is 6.44. The molecule has 7 nitrogen and oxygen atoms in total. The molecule has 1 aromatic heterocycles. The van der Waals surface area contributed by atoms with Gasteiger partial charge in [-0.3, -0.25) is 19.1 Å². The fourth-order valence-corrected chi connectivity index (χ4v) is 4.77.